The third kappa shape index (κ3) is 8.81. The molecule has 0 bridgehead atoms. The van der Waals surface area contributed by atoms with Crippen molar-refractivity contribution < 1.29 is 19.0 Å². The average Bonchev–Trinajstić information content (AvgIpc) is 2.37. The predicted octanol–water partition coefficient (Wildman–Crippen LogP) is 2.52. The Morgan fingerprint density at radius 1 is 1.29 bits per heavy atom. The standard InChI is InChI=1S/C16H23NO4/c1-16(2,3)21-15(18)12-17(19)10-7-11-20-13-14-8-5-4-6-9-14/h4-6,8-10H,7,11-13H2,1-3H3/b17-10-. The first-order valence-corrected chi connectivity index (χ1v) is 6.97. The van der Waals surface area contributed by atoms with Gasteiger partial charge in [-0.3, -0.25) is 0 Å². The first-order chi connectivity index (χ1) is 9.87. The number of nitrogens with zero attached hydrogens (tertiary/aromatic N) is 1. The van der Waals surface area contributed by atoms with Gasteiger partial charge in [-0.25, -0.2) is 9.53 Å². The highest BCUT2D eigenvalue weighted by Crippen LogP contribution is 2.06. The van der Waals surface area contributed by atoms with E-state index in [1.807, 2.05) is 30.3 Å². The lowest BCUT2D eigenvalue weighted by Gasteiger charge is -2.18. The van der Waals surface area contributed by atoms with Gasteiger partial charge >= 0.3 is 5.97 Å². The number of esters is 1. The fraction of sp³-hybridized carbons (Fsp3) is 0.500. The minimum Gasteiger partial charge on any atom is -0.624 e. The molecule has 5 heteroatoms. The van der Waals surface area contributed by atoms with Crippen LogP contribution in [0.25, 0.3) is 0 Å². The molecule has 5 nitrogen and oxygen atoms in total. The Hall–Kier alpha value is -1.88. The summed E-state index contributed by atoms with van der Waals surface area (Å²) in [5, 5.41) is 11.5. The molecule has 0 saturated carbocycles. The Morgan fingerprint density at radius 2 is 1.95 bits per heavy atom. The van der Waals surface area contributed by atoms with E-state index in [9.17, 15) is 10.0 Å². The lowest BCUT2D eigenvalue weighted by molar-refractivity contribution is -0.445. The van der Waals surface area contributed by atoms with Crippen LogP contribution in [0.5, 0.6) is 0 Å². The van der Waals surface area contributed by atoms with Crippen LogP contribution in [0.1, 0.15) is 32.8 Å². The molecule has 1 rings (SSSR count). The van der Waals surface area contributed by atoms with E-state index in [1.165, 1.54) is 6.21 Å². The van der Waals surface area contributed by atoms with Crippen molar-refractivity contribution >= 4 is 12.2 Å². The highest BCUT2D eigenvalue weighted by molar-refractivity contribution is 5.71. The Kier molecular flexibility index (Phi) is 6.88. The molecular formula is C16H23NO4. The zero-order chi connectivity index (χ0) is 15.7. The SMILES string of the molecule is CC(C)(C)OC(=O)C/[N+]([O-])=C/CCOCc1ccccc1. The van der Waals surface area contributed by atoms with Crippen LogP contribution in [0.4, 0.5) is 0 Å². The van der Waals surface area contributed by atoms with Crippen LogP contribution in [0.15, 0.2) is 30.3 Å². The molecule has 21 heavy (non-hydrogen) atoms. The monoisotopic (exact) mass is 293 g/mol. The van der Waals surface area contributed by atoms with Crippen molar-refractivity contribution in [1.29, 1.82) is 0 Å². The lowest BCUT2D eigenvalue weighted by Crippen LogP contribution is -2.29. The van der Waals surface area contributed by atoms with E-state index >= 15 is 0 Å². The van der Waals surface area contributed by atoms with Crippen LogP contribution in [0, 0.1) is 5.21 Å². The third-order valence-electron chi connectivity index (χ3n) is 2.41. The van der Waals surface area contributed by atoms with Gasteiger partial charge in [0.05, 0.1) is 13.2 Å². The van der Waals surface area contributed by atoms with Crippen molar-refractivity contribution in [2.45, 2.75) is 39.4 Å². The molecule has 1 aromatic rings. The molecule has 0 amide bonds. The van der Waals surface area contributed by atoms with Crippen molar-refractivity contribution in [2.75, 3.05) is 13.2 Å². The number of hydrogen-bond acceptors (Lipinski definition) is 4. The molecule has 0 fully saturated rings. The van der Waals surface area contributed by atoms with Crippen LogP contribution >= 0.6 is 0 Å². The van der Waals surface area contributed by atoms with Gasteiger partial charge in [0.1, 0.15) is 5.60 Å². The lowest BCUT2D eigenvalue weighted by atomic mass is 10.2. The molecule has 0 spiro atoms. The summed E-state index contributed by atoms with van der Waals surface area (Å²) in [6.07, 6.45) is 1.86. The number of ether oxygens (including phenoxy) is 2. The Morgan fingerprint density at radius 3 is 2.57 bits per heavy atom. The number of rotatable bonds is 7. The van der Waals surface area contributed by atoms with E-state index in [4.69, 9.17) is 9.47 Å². The molecule has 0 heterocycles. The summed E-state index contributed by atoms with van der Waals surface area (Å²) in [5.74, 6) is -0.529. The van der Waals surface area contributed by atoms with Gasteiger partial charge in [-0.1, -0.05) is 30.3 Å². The van der Waals surface area contributed by atoms with Crippen molar-refractivity contribution in [1.82, 2.24) is 0 Å². The summed E-state index contributed by atoms with van der Waals surface area (Å²) < 4.78 is 11.1. The Labute approximate surface area is 125 Å². The molecule has 0 aliphatic carbocycles. The average molecular weight is 293 g/mol. The molecule has 1 aromatic carbocycles. The molecular weight excluding hydrogens is 270 g/mol. The highest BCUT2D eigenvalue weighted by Gasteiger charge is 2.18. The second kappa shape index (κ2) is 8.42. The number of carbonyl (C=O) groups is 1. The molecule has 0 atom stereocenters. The zero-order valence-electron chi connectivity index (χ0n) is 12.9. The van der Waals surface area contributed by atoms with Crippen LogP contribution < -0.4 is 0 Å². The zero-order valence-corrected chi connectivity index (χ0v) is 12.9. The smallest absolute Gasteiger partial charge is 0.374 e. The fourth-order valence-electron chi connectivity index (χ4n) is 1.61. The Bertz CT molecular complexity index is 463. The summed E-state index contributed by atoms with van der Waals surface area (Å²) in [4.78, 5) is 11.4. The van der Waals surface area contributed by atoms with Gasteiger partial charge in [-0.15, -0.1) is 0 Å². The maximum atomic E-state index is 11.5. The van der Waals surface area contributed by atoms with Gasteiger partial charge in [0.15, 0.2) is 6.21 Å². The molecule has 116 valence electrons. The predicted molar refractivity (Wildman–Crippen MR) is 81.1 cm³/mol. The molecule has 0 aliphatic rings. The first kappa shape index (κ1) is 17.2. The largest absolute Gasteiger partial charge is 0.624 e. The maximum absolute atomic E-state index is 11.5. The van der Waals surface area contributed by atoms with E-state index in [2.05, 4.69) is 0 Å². The minimum atomic E-state index is -0.573. The van der Waals surface area contributed by atoms with Crippen LogP contribution in [0.3, 0.4) is 0 Å². The van der Waals surface area contributed by atoms with E-state index in [0.29, 0.717) is 24.4 Å². The number of carbonyl (C=O) groups excluding carboxylic acids is 1. The van der Waals surface area contributed by atoms with Crippen molar-refractivity contribution in [2.24, 2.45) is 0 Å². The number of hydrogen-bond donors (Lipinski definition) is 0. The van der Waals surface area contributed by atoms with Gasteiger partial charge in [0.25, 0.3) is 0 Å². The second-order valence-corrected chi connectivity index (χ2v) is 5.67. The van der Waals surface area contributed by atoms with E-state index in [-0.39, 0.29) is 6.54 Å². The number of benzene rings is 1. The minimum absolute atomic E-state index is 0.296. The summed E-state index contributed by atoms with van der Waals surface area (Å²) in [7, 11) is 0. The van der Waals surface area contributed by atoms with Crippen LogP contribution in [0.2, 0.25) is 0 Å². The summed E-state index contributed by atoms with van der Waals surface area (Å²) in [5.41, 5.74) is 0.515. The third-order valence-corrected chi connectivity index (χ3v) is 2.41. The van der Waals surface area contributed by atoms with E-state index in [0.717, 1.165) is 5.56 Å². The van der Waals surface area contributed by atoms with Gasteiger partial charge in [0, 0.05) is 6.42 Å². The molecule has 0 unspecified atom stereocenters. The van der Waals surface area contributed by atoms with Crippen LogP contribution in [-0.4, -0.2) is 35.7 Å². The fourth-order valence-corrected chi connectivity index (χ4v) is 1.61. The van der Waals surface area contributed by atoms with Crippen molar-refractivity contribution in [3.8, 4) is 0 Å². The summed E-state index contributed by atoms with van der Waals surface area (Å²) in [6, 6.07) is 9.80. The highest BCUT2D eigenvalue weighted by atomic mass is 16.6. The van der Waals surface area contributed by atoms with Gasteiger partial charge < -0.3 is 14.7 Å². The van der Waals surface area contributed by atoms with E-state index < -0.39 is 11.6 Å². The topological polar surface area (TPSA) is 61.6 Å². The first-order valence-electron chi connectivity index (χ1n) is 6.97. The maximum Gasteiger partial charge on any atom is 0.374 e. The van der Waals surface area contributed by atoms with Crippen molar-refractivity contribution in [3.63, 3.8) is 0 Å². The normalized spacial score (nSPS) is 12.2. The van der Waals surface area contributed by atoms with Gasteiger partial charge in [-0.05, 0) is 26.3 Å². The van der Waals surface area contributed by atoms with Gasteiger partial charge in [0.2, 0.25) is 6.54 Å². The molecule has 0 aromatic heterocycles. The van der Waals surface area contributed by atoms with Gasteiger partial charge in [-0.2, -0.15) is 0 Å². The summed E-state index contributed by atoms with van der Waals surface area (Å²) in [6.45, 7) is 5.95. The van der Waals surface area contributed by atoms with E-state index in [1.54, 1.807) is 20.8 Å². The number of hydroxylamine groups is 1. The molecule has 0 aliphatic heterocycles. The van der Waals surface area contributed by atoms with Crippen LogP contribution in [-0.2, 0) is 20.9 Å². The summed E-state index contributed by atoms with van der Waals surface area (Å²) >= 11 is 0. The quantitative estimate of drug-likeness (QED) is 0.193. The second-order valence-electron chi connectivity index (χ2n) is 5.67. The molecule has 0 radical (unpaired) electrons. The van der Waals surface area contributed by atoms with Crippen molar-refractivity contribution in [3.05, 3.63) is 41.1 Å². The Balaban J connectivity index is 2.19. The molecule has 0 saturated heterocycles. The molecule has 0 N–H and O–H groups in total.